The predicted molar refractivity (Wildman–Crippen MR) is 79.6 cm³/mol. The van der Waals surface area contributed by atoms with Gasteiger partial charge in [-0.3, -0.25) is 0 Å². The van der Waals surface area contributed by atoms with Crippen molar-refractivity contribution in [3.63, 3.8) is 0 Å². The molecule has 0 aliphatic carbocycles. The van der Waals surface area contributed by atoms with Crippen molar-refractivity contribution in [3.05, 3.63) is 22.7 Å². The first-order valence-electron chi connectivity index (χ1n) is 6.49. The number of hydrogen-bond donors (Lipinski definition) is 0. The summed E-state index contributed by atoms with van der Waals surface area (Å²) >= 11 is 3.52. The summed E-state index contributed by atoms with van der Waals surface area (Å²) in [5.74, 6) is 0.994. The lowest BCUT2D eigenvalue weighted by atomic mass is 10.2. The maximum atomic E-state index is 5.93. The highest BCUT2D eigenvalue weighted by Gasteiger charge is 2.16. The first-order valence-corrected chi connectivity index (χ1v) is 7.28. The number of halogens is 1. The molecule has 0 aromatic heterocycles. The topological polar surface area (TPSA) is 15.7 Å². The molecule has 0 bridgehead atoms. The Morgan fingerprint density at radius 3 is 2.67 bits per heavy atom. The quantitative estimate of drug-likeness (QED) is 0.831. The first kappa shape index (κ1) is 13.7. The molecule has 0 saturated carbocycles. The van der Waals surface area contributed by atoms with Crippen molar-refractivity contribution in [2.45, 2.75) is 12.8 Å². The molecule has 100 valence electrons. The average Bonchev–Trinajstić information content (AvgIpc) is 2.82. The van der Waals surface area contributed by atoms with Crippen molar-refractivity contribution in [1.29, 1.82) is 0 Å². The Labute approximate surface area is 118 Å². The predicted octanol–water partition coefficient (Wildman–Crippen LogP) is 2.99. The second-order valence-corrected chi connectivity index (χ2v) is 5.87. The molecule has 1 heterocycles. The van der Waals surface area contributed by atoms with Crippen LogP contribution in [0.2, 0.25) is 0 Å². The number of likely N-dealkylation sites (N-methyl/N-ethyl adjacent to an activating group) is 1. The van der Waals surface area contributed by atoms with Gasteiger partial charge in [0.1, 0.15) is 12.4 Å². The lowest BCUT2D eigenvalue weighted by molar-refractivity contribution is 0.261. The van der Waals surface area contributed by atoms with Gasteiger partial charge in [0.25, 0.3) is 0 Å². The van der Waals surface area contributed by atoms with Crippen LogP contribution >= 0.6 is 15.9 Å². The minimum atomic E-state index is 0.726. The number of benzene rings is 1. The zero-order chi connectivity index (χ0) is 13.0. The smallest absolute Gasteiger partial charge is 0.143 e. The zero-order valence-electron chi connectivity index (χ0n) is 11.2. The molecule has 3 nitrogen and oxygen atoms in total. The SMILES string of the molecule is CN(C)CCOc1cc(Br)ccc1N1CCCC1. The summed E-state index contributed by atoms with van der Waals surface area (Å²) in [5.41, 5.74) is 1.23. The molecule has 1 aliphatic rings. The van der Waals surface area contributed by atoms with Crippen LogP contribution in [0, 0.1) is 0 Å². The number of hydrogen-bond acceptors (Lipinski definition) is 3. The highest BCUT2D eigenvalue weighted by molar-refractivity contribution is 9.10. The summed E-state index contributed by atoms with van der Waals surface area (Å²) in [6.45, 7) is 3.95. The van der Waals surface area contributed by atoms with Crippen molar-refractivity contribution in [3.8, 4) is 5.75 Å². The standard InChI is InChI=1S/C14H21BrN2O/c1-16(2)9-10-18-14-11-12(15)5-6-13(14)17-7-3-4-8-17/h5-6,11H,3-4,7-10H2,1-2H3. The summed E-state index contributed by atoms with van der Waals surface area (Å²) in [7, 11) is 4.12. The van der Waals surface area contributed by atoms with E-state index in [1.165, 1.54) is 18.5 Å². The van der Waals surface area contributed by atoms with E-state index in [9.17, 15) is 0 Å². The summed E-state index contributed by atoms with van der Waals surface area (Å²) < 4.78 is 7.00. The molecule has 1 fully saturated rings. The van der Waals surface area contributed by atoms with Crippen molar-refractivity contribution in [1.82, 2.24) is 4.90 Å². The third-order valence-corrected chi connectivity index (χ3v) is 3.66. The molecule has 1 aromatic carbocycles. The molecule has 18 heavy (non-hydrogen) atoms. The Morgan fingerprint density at radius 2 is 2.00 bits per heavy atom. The molecule has 4 heteroatoms. The second-order valence-electron chi connectivity index (χ2n) is 4.96. The van der Waals surface area contributed by atoms with E-state index in [0.717, 1.165) is 36.5 Å². The molecule has 0 unspecified atom stereocenters. The minimum absolute atomic E-state index is 0.726. The highest BCUT2D eigenvalue weighted by Crippen LogP contribution is 2.33. The van der Waals surface area contributed by atoms with Gasteiger partial charge >= 0.3 is 0 Å². The van der Waals surface area contributed by atoms with E-state index in [-0.39, 0.29) is 0 Å². The van der Waals surface area contributed by atoms with Crippen LogP contribution < -0.4 is 9.64 Å². The Kier molecular flexibility index (Phi) is 4.89. The summed E-state index contributed by atoms with van der Waals surface area (Å²) in [5, 5.41) is 0. The fourth-order valence-corrected chi connectivity index (χ4v) is 2.50. The van der Waals surface area contributed by atoms with E-state index in [0.29, 0.717) is 0 Å². The van der Waals surface area contributed by atoms with E-state index in [2.05, 4.69) is 58.0 Å². The van der Waals surface area contributed by atoms with Crippen LogP contribution in [0.4, 0.5) is 5.69 Å². The molecule has 0 spiro atoms. The normalized spacial score (nSPS) is 15.4. The molecule has 0 radical (unpaired) electrons. The maximum absolute atomic E-state index is 5.93. The van der Waals surface area contributed by atoms with Gasteiger partial charge in [-0.1, -0.05) is 15.9 Å². The molecule has 1 saturated heterocycles. The summed E-state index contributed by atoms with van der Waals surface area (Å²) in [6, 6.07) is 6.32. The fraction of sp³-hybridized carbons (Fsp3) is 0.571. The van der Waals surface area contributed by atoms with Crippen LogP contribution in [0.15, 0.2) is 22.7 Å². The Bertz CT molecular complexity index is 389. The van der Waals surface area contributed by atoms with Gasteiger partial charge < -0.3 is 14.5 Å². The van der Waals surface area contributed by atoms with Gasteiger partial charge in [0.2, 0.25) is 0 Å². The van der Waals surface area contributed by atoms with E-state index in [1.54, 1.807) is 0 Å². The molecular weight excluding hydrogens is 292 g/mol. The Hall–Kier alpha value is -0.740. The van der Waals surface area contributed by atoms with Crippen molar-refractivity contribution >= 4 is 21.6 Å². The van der Waals surface area contributed by atoms with Crippen molar-refractivity contribution in [2.24, 2.45) is 0 Å². The second kappa shape index (κ2) is 6.43. The van der Waals surface area contributed by atoms with Crippen molar-refractivity contribution in [2.75, 3.05) is 45.2 Å². The molecule has 0 amide bonds. The van der Waals surface area contributed by atoms with Crippen LogP contribution in [0.5, 0.6) is 5.75 Å². The molecule has 0 atom stereocenters. The molecule has 1 aliphatic heterocycles. The summed E-state index contributed by atoms with van der Waals surface area (Å²) in [6.07, 6.45) is 2.57. The number of rotatable bonds is 5. The van der Waals surface area contributed by atoms with Crippen LogP contribution in [-0.2, 0) is 0 Å². The van der Waals surface area contributed by atoms with Gasteiger partial charge in [0.05, 0.1) is 5.69 Å². The number of nitrogens with zero attached hydrogens (tertiary/aromatic N) is 2. The first-order chi connectivity index (χ1) is 8.66. The van der Waals surface area contributed by atoms with E-state index in [4.69, 9.17) is 4.74 Å². The third kappa shape index (κ3) is 3.62. The maximum Gasteiger partial charge on any atom is 0.143 e. The van der Waals surface area contributed by atoms with Gasteiger partial charge in [-0.25, -0.2) is 0 Å². The molecular formula is C14H21BrN2O. The van der Waals surface area contributed by atoms with E-state index in [1.807, 2.05) is 0 Å². The Balaban J connectivity index is 2.07. The molecule has 1 aromatic rings. The van der Waals surface area contributed by atoms with Crippen LogP contribution in [0.3, 0.4) is 0 Å². The van der Waals surface area contributed by atoms with E-state index >= 15 is 0 Å². The van der Waals surface area contributed by atoms with Gasteiger partial charge in [-0.05, 0) is 45.1 Å². The fourth-order valence-electron chi connectivity index (χ4n) is 2.16. The minimum Gasteiger partial charge on any atom is -0.490 e. The molecule has 0 N–H and O–H groups in total. The van der Waals surface area contributed by atoms with Gasteiger partial charge in [0, 0.05) is 24.1 Å². The lowest BCUT2D eigenvalue weighted by Crippen LogP contribution is -2.22. The van der Waals surface area contributed by atoms with Crippen LogP contribution in [0.25, 0.3) is 0 Å². The number of anilines is 1. The highest BCUT2D eigenvalue weighted by atomic mass is 79.9. The van der Waals surface area contributed by atoms with Gasteiger partial charge in [-0.2, -0.15) is 0 Å². The van der Waals surface area contributed by atoms with Crippen molar-refractivity contribution < 1.29 is 4.74 Å². The summed E-state index contributed by atoms with van der Waals surface area (Å²) in [4.78, 5) is 4.55. The number of ether oxygens (including phenoxy) is 1. The van der Waals surface area contributed by atoms with Crippen LogP contribution in [-0.4, -0.2) is 45.2 Å². The van der Waals surface area contributed by atoms with Gasteiger partial charge in [0.15, 0.2) is 0 Å². The largest absolute Gasteiger partial charge is 0.490 e. The Morgan fingerprint density at radius 1 is 1.28 bits per heavy atom. The van der Waals surface area contributed by atoms with Gasteiger partial charge in [-0.15, -0.1) is 0 Å². The third-order valence-electron chi connectivity index (χ3n) is 3.16. The lowest BCUT2D eigenvalue weighted by Gasteiger charge is -2.22. The zero-order valence-corrected chi connectivity index (χ0v) is 12.7. The monoisotopic (exact) mass is 312 g/mol. The average molecular weight is 313 g/mol. The van der Waals surface area contributed by atoms with Crippen LogP contribution in [0.1, 0.15) is 12.8 Å². The van der Waals surface area contributed by atoms with E-state index < -0.39 is 0 Å². The molecule has 2 rings (SSSR count).